The van der Waals surface area contributed by atoms with Gasteiger partial charge in [-0.25, -0.2) is 0 Å². The molecule has 0 saturated heterocycles. The van der Waals surface area contributed by atoms with Crippen LogP contribution in [-0.2, 0) is 0 Å². The van der Waals surface area contributed by atoms with Gasteiger partial charge < -0.3 is 5.11 Å². The largest absolute Gasteiger partial charge is 0.507 e. The second-order valence-corrected chi connectivity index (χ2v) is 3.78. The number of rotatable bonds is 3. The maximum atomic E-state index is 9.48. The zero-order valence-electron chi connectivity index (χ0n) is 7.45. The molecule has 1 rings (SSSR count). The summed E-state index contributed by atoms with van der Waals surface area (Å²) in [6, 6.07) is 6.99. The summed E-state index contributed by atoms with van der Waals surface area (Å²) in [7, 11) is 0. The molecule has 0 radical (unpaired) electrons. The van der Waals surface area contributed by atoms with E-state index in [0.717, 1.165) is 17.1 Å². The summed E-state index contributed by atoms with van der Waals surface area (Å²) in [5.41, 5.74) is 0.498. The van der Waals surface area contributed by atoms with E-state index in [0.29, 0.717) is 5.56 Å². The fourth-order valence-electron chi connectivity index (χ4n) is 0.921. The Morgan fingerprint density at radius 3 is 2.85 bits per heavy atom. The Morgan fingerprint density at radius 1 is 1.54 bits per heavy atom. The van der Waals surface area contributed by atoms with Crippen LogP contribution in [-0.4, -0.2) is 10.9 Å². The summed E-state index contributed by atoms with van der Waals surface area (Å²) in [4.78, 5) is 0.848. The fraction of sp³-hybridized carbons (Fsp3) is 0.300. The van der Waals surface area contributed by atoms with E-state index in [9.17, 15) is 5.11 Å². The van der Waals surface area contributed by atoms with Crippen LogP contribution in [0.25, 0.3) is 0 Å². The van der Waals surface area contributed by atoms with Gasteiger partial charge in [0.2, 0.25) is 0 Å². The number of phenolic OH excluding ortho intramolecular Hbond substituents is 1. The van der Waals surface area contributed by atoms with Gasteiger partial charge in [0.25, 0.3) is 0 Å². The van der Waals surface area contributed by atoms with E-state index in [-0.39, 0.29) is 5.75 Å². The summed E-state index contributed by atoms with van der Waals surface area (Å²) in [6.07, 6.45) is 1.07. The number of aromatic hydroxyl groups is 1. The molecule has 0 aliphatic rings. The highest BCUT2D eigenvalue weighted by molar-refractivity contribution is 7.99. The molecular weight excluding hydrogens is 182 g/mol. The Bertz CT molecular complexity index is 330. The van der Waals surface area contributed by atoms with Crippen LogP contribution < -0.4 is 0 Å². The number of hydrogen-bond donors (Lipinski definition) is 1. The summed E-state index contributed by atoms with van der Waals surface area (Å²) >= 11 is 1.61. The van der Waals surface area contributed by atoms with Gasteiger partial charge in [-0.05, 0) is 30.4 Å². The third-order valence-corrected chi connectivity index (χ3v) is 2.82. The van der Waals surface area contributed by atoms with Crippen LogP contribution in [0.3, 0.4) is 0 Å². The molecule has 68 valence electrons. The van der Waals surface area contributed by atoms with Gasteiger partial charge in [0.1, 0.15) is 5.75 Å². The standard InChI is InChI=1S/C10H11NOS/c1-2-5-13-10-4-3-8(7-11)6-9(10)12/h3-4,6,12H,2,5H2,1H3. The lowest BCUT2D eigenvalue weighted by Gasteiger charge is -2.02. The first-order valence-corrected chi connectivity index (χ1v) is 5.12. The highest BCUT2D eigenvalue weighted by Crippen LogP contribution is 2.29. The SMILES string of the molecule is CCCSc1ccc(C#N)cc1O. The third-order valence-electron chi connectivity index (χ3n) is 1.55. The van der Waals surface area contributed by atoms with Crippen molar-refractivity contribution in [1.82, 2.24) is 0 Å². The van der Waals surface area contributed by atoms with E-state index in [2.05, 4.69) is 6.92 Å². The van der Waals surface area contributed by atoms with Crippen LogP contribution in [0, 0.1) is 11.3 Å². The van der Waals surface area contributed by atoms with Crippen LogP contribution >= 0.6 is 11.8 Å². The number of nitrogens with zero attached hydrogens (tertiary/aromatic N) is 1. The molecule has 0 saturated carbocycles. The predicted octanol–water partition coefficient (Wildman–Crippen LogP) is 2.77. The van der Waals surface area contributed by atoms with Crippen molar-refractivity contribution >= 4 is 11.8 Å². The Hall–Kier alpha value is -1.14. The van der Waals surface area contributed by atoms with Crippen molar-refractivity contribution in [2.45, 2.75) is 18.2 Å². The molecule has 1 aromatic carbocycles. The van der Waals surface area contributed by atoms with Crippen molar-refractivity contribution < 1.29 is 5.11 Å². The minimum atomic E-state index is 0.206. The molecule has 0 spiro atoms. The van der Waals surface area contributed by atoms with Gasteiger partial charge >= 0.3 is 0 Å². The third kappa shape index (κ3) is 2.67. The molecule has 0 aromatic heterocycles. The van der Waals surface area contributed by atoms with Crippen LogP contribution in [0.5, 0.6) is 5.75 Å². The normalized spacial score (nSPS) is 9.54. The van der Waals surface area contributed by atoms with Crippen LogP contribution in [0.1, 0.15) is 18.9 Å². The molecule has 3 heteroatoms. The van der Waals surface area contributed by atoms with Crippen molar-refractivity contribution in [3.8, 4) is 11.8 Å². The quantitative estimate of drug-likeness (QED) is 0.751. The minimum Gasteiger partial charge on any atom is -0.507 e. The summed E-state index contributed by atoms with van der Waals surface area (Å²) in [5.74, 6) is 1.19. The van der Waals surface area contributed by atoms with Gasteiger partial charge in [0.15, 0.2) is 0 Å². The molecule has 0 amide bonds. The average Bonchev–Trinajstić information content (AvgIpc) is 2.16. The Labute approximate surface area is 82.2 Å². The van der Waals surface area contributed by atoms with Gasteiger partial charge in [-0.15, -0.1) is 11.8 Å². The Kier molecular flexibility index (Phi) is 3.66. The molecule has 2 nitrogen and oxygen atoms in total. The topological polar surface area (TPSA) is 44.0 Å². The van der Waals surface area contributed by atoms with E-state index in [1.807, 2.05) is 6.07 Å². The molecule has 0 unspecified atom stereocenters. The van der Waals surface area contributed by atoms with Gasteiger partial charge in [0.05, 0.1) is 11.6 Å². The molecule has 0 fully saturated rings. The zero-order chi connectivity index (χ0) is 9.68. The smallest absolute Gasteiger partial charge is 0.130 e. The van der Waals surface area contributed by atoms with Gasteiger partial charge in [-0.3, -0.25) is 0 Å². The van der Waals surface area contributed by atoms with E-state index in [1.54, 1.807) is 23.9 Å². The molecular formula is C10H11NOS. The Morgan fingerprint density at radius 2 is 2.31 bits per heavy atom. The molecule has 1 aromatic rings. The maximum Gasteiger partial charge on any atom is 0.130 e. The lowest BCUT2D eigenvalue weighted by atomic mass is 10.2. The highest BCUT2D eigenvalue weighted by Gasteiger charge is 2.01. The predicted molar refractivity (Wildman–Crippen MR) is 53.8 cm³/mol. The van der Waals surface area contributed by atoms with Crippen LogP contribution in [0.2, 0.25) is 0 Å². The van der Waals surface area contributed by atoms with Gasteiger partial charge in [-0.1, -0.05) is 6.92 Å². The zero-order valence-corrected chi connectivity index (χ0v) is 8.27. The monoisotopic (exact) mass is 193 g/mol. The highest BCUT2D eigenvalue weighted by atomic mass is 32.2. The number of thioether (sulfide) groups is 1. The number of nitriles is 1. The minimum absolute atomic E-state index is 0.206. The van der Waals surface area contributed by atoms with Crippen molar-refractivity contribution in [2.24, 2.45) is 0 Å². The van der Waals surface area contributed by atoms with Crippen molar-refractivity contribution in [3.63, 3.8) is 0 Å². The molecule has 1 N–H and O–H groups in total. The average molecular weight is 193 g/mol. The maximum absolute atomic E-state index is 9.48. The van der Waals surface area contributed by atoms with Crippen molar-refractivity contribution in [1.29, 1.82) is 5.26 Å². The second-order valence-electron chi connectivity index (χ2n) is 2.64. The number of phenols is 1. The molecule has 0 aliphatic carbocycles. The van der Waals surface area contributed by atoms with Crippen LogP contribution in [0.15, 0.2) is 23.1 Å². The van der Waals surface area contributed by atoms with E-state index >= 15 is 0 Å². The summed E-state index contributed by atoms with van der Waals surface area (Å²) in [6.45, 7) is 2.09. The molecule has 0 heterocycles. The van der Waals surface area contributed by atoms with Gasteiger partial charge in [0, 0.05) is 4.90 Å². The summed E-state index contributed by atoms with van der Waals surface area (Å²) < 4.78 is 0. The molecule has 13 heavy (non-hydrogen) atoms. The molecule has 0 atom stereocenters. The van der Waals surface area contributed by atoms with E-state index in [4.69, 9.17) is 5.26 Å². The first-order valence-electron chi connectivity index (χ1n) is 4.14. The van der Waals surface area contributed by atoms with E-state index in [1.165, 1.54) is 6.07 Å². The molecule has 0 bridgehead atoms. The van der Waals surface area contributed by atoms with Crippen molar-refractivity contribution in [2.75, 3.05) is 5.75 Å². The number of benzene rings is 1. The Balaban J connectivity index is 2.81. The van der Waals surface area contributed by atoms with Crippen LogP contribution in [0.4, 0.5) is 0 Å². The first-order chi connectivity index (χ1) is 6.27. The lowest BCUT2D eigenvalue weighted by Crippen LogP contribution is -1.79. The fourth-order valence-corrected chi connectivity index (χ4v) is 1.72. The number of hydrogen-bond acceptors (Lipinski definition) is 3. The van der Waals surface area contributed by atoms with Gasteiger partial charge in [-0.2, -0.15) is 5.26 Å². The lowest BCUT2D eigenvalue weighted by molar-refractivity contribution is 0.462. The second kappa shape index (κ2) is 4.78. The van der Waals surface area contributed by atoms with E-state index < -0.39 is 0 Å². The molecule has 0 aliphatic heterocycles. The van der Waals surface area contributed by atoms with Crippen molar-refractivity contribution in [3.05, 3.63) is 23.8 Å². The first kappa shape index (κ1) is 9.94. The summed E-state index contributed by atoms with van der Waals surface area (Å²) in [5, 5.41) is 18.0.